The first kappa shape index (κ1) is 3.85. The molecule has 1 aliphatic rings. The molecular formula is C5H8O. The average molecular weight is 84.1 g/mol. The molecular weight excluding hydrogens is 76.1 g/mol. The molecule has 0 aliphatic carbocycles. The molecule has 6 heavy (non-hydrogen) atoms. The Morgan fingerprint density at radius 3 is 2.50 bits per heavy atom. The highest BCUT2D eigenvalue weighted by Gasteiger charge is 1.89. The first-order chi connectivity index (χ1) is 3.00. The van der Waals surface area contributed by atoms with Crippen LogP contribution in [-0.4, -0.2) is 12.9 Å². The third-order valence-electron chi connectivity index (χ3n) is 0.877. The minimum atomic E-state index is 0.889. The SMILES string of the molecule is [C-]1=[O+]CCCC1. The van der Waals surface area contributed by atoms with Crippen molar-refractivity contribution in [2.24, 2.45) is 0 Å². The zero-order valence-electron chi connectivity index (χ0n) is 3.74. The fourth-order valence-electron chi connectivity index (χ4n) is 0.516. The van der Waals surface area contributed by atoms with Gasteiger partial charge in [0.25, 0.3) is 0 Å². The van der Waals surface area contributed by atoms with E-state index in [4.69, 9.17) is 4.42 Å². The summed E-state index contributed by atoms with van der Waals surface area (Å²) in [4.78, 5) is 0. The molecule has 0 unspecified atom stereocenters. The van der Waals surface area contributed by atoms with Gasteiger partial charge in [-0.1, -0.05) is 6.42 Å². The van der Waals surface area contributed by atoms with E-state index in [0.717, 1.165) is 13.0 Å². The van der Waals surface area contributed by atoms with E-state index in [-0.39, 0.29) is 0 Å². The van der Waals surface area contributed by atoms with E-state index < -0.39 is 0 Å². The van der Waals surface area contributed by atoms with Crippen LogP contribution in [0.25, 0.3) is 0 Å². The maximum Gasteiger partial charge on any atom is 0.218 e. The second-order valence-corrected chi connectivity index (χ2v) is 1.45. The van der Waals surface area contributed by atoms with E-state index in [1.54, 1.807) is 0 Å². The highest BCUT2D eigenvalue weighted by molar-refractivity contribution is 5.51. The highest BCUT2D eigenvalue weighted by Crippen LogP contribution is 1.94. The Morgan fingerprint density at radius 1 is 1.33 bits per heavy atom. The van der Waals surface area contributed by atoms with Gasteiger partial charge in [0.05, 0.1) is 0 Å². The Labute approximate surface area is 37.7 Å². The number of hydrogen-bond donors (Lipinski definition) is 0. The van der Waals surface area contributed by atoms with E-state index in [1.165, 1.54) is 12.8 Å². The lowest BCUT2D eigenvalue weighted by atomic mass is 10.2. The summed E-state index contributed by atoms with van der Waals surface area (Å²) in [6.45, 7) is 0.889. The van der Waals surface area contributed by atoms with Crippen LogP contribution in [0.2, 0.25) is 0 Å². The van der Waals surface area contributed by atoms with Crippen molar-refractivity contribution >= 4 is 6.29 Å². The van der Waals surface area contributed by atoms with E-state index in [1.807, 2.05) is 0 Å². The summed E-state index contributed by atoms with van der Waals surface area (Å²) in [5.74, 6) is 0. The molecule has 0 amide bonds. The summed E-state index contributed by atoms with van der Waals surface area (Å²) in [7, 11) is 0. The summed E-state index contributed by atoms with van der Waals surface area (Å²) in [5.41, 5.74) is 0. The molecule has 1 rings (SSSR count). The molecule has 1 heterocycles. The van der Waals surface area contributed by atoms with Gasteiger partial charge in [-0.2, -0.15) is 0 Å². The van der Waals surface area contributed by atoms with Crippen molar-refractivity contribution < 1.29 is 4.42 Å². The molecule has 1 aliphatic heterocycles. The second-order valence-electron chi connectivity index (χ2n) is 1.45. The maximum atomic E-state index is 4.82. The predicted octanol–water partition coefficient (Wildman–Crippen LogP) is 0.816. The molecule has 0 N–H and O–H groups in total. The molecule has 1 heteroatoms. The molecule has 0 aromatic carbocycles. The van der Waals surface area contributed by atoms with Gasteiger partial charge < -0.3 is 4.42 Å². The first-order valence-electron chi connectivity index (χ1n) is 2.35. The lowest BCUT2D eigenvalue weighted by Gasteiger charge is -1.98. The minimum Gasteiger partial charge on any atom is -0.457 e. The van der Waals surface area contributed by atoms with Crippen molar-refractivity contribution in [2.45, 2.75) is 19.3 Å². The van der Waals surface area contributed by atoms with E-state index in [0.29, 0.717) is 0 Å². The minimum absolute atomic E-state index is 0.889. The van der Waals surface area contributed by atoms with Gasteiger partial charge in [0.1, 0.15) is 0 Å². The molecule has 1 nitrogen and oxygen atoms in total. The Hall–Kier alpha value is -0.330. The topological polar surface area (TPSA) is 11.3 Å². The summed E-state index contributed by atoms with van der Waals surface area (Å²) >= 11 is 0. The van der Waals surface area contributed by atoms with Crippen LogP contribution >= 0.6 is 0 Å². The molecule has 0 saturated heterocycles. The van der Waals surface area contributed by atoms with Crippen molar-refractivity contribution in [3.05, 3.63) is 0 Å². The standard InChI is InChI=1S/C5H8O/c1-2-4-6-5-3-1/h1-4H2. The Kier molecular flexibility index (Phi) is 1.25. The van der Waals surface area contributed by atoms with E-state index in [9.17, 15) is 0 Å². The largest absolute Gasteiger partial charge is 0.457 e. The summed E-state index contributed by atoms with van der Waals surface area (Å²) in [6, 6.07) is 0. The average Bonchev–Trinajstić information content (AvgIpc) is 1.72. The second kappa shape index (κ2) is 1.96. The van der Waals surface area contributed by atoms with Crippen LogP contribution in [0.1, 0.15) is 19.3 Å². The molecule has 0 aromatic heterocycles. The van der Waals surface area contributed by atoms with E-state index >= 15 is 0 Å². The van der Waals surface area contributed by atoms with Crippen LogP contribution < -0.4 is 0 Å². The third-order valence-corrected chi connectivity index (χ3v) is 0.877. The quantitative estimate of drug-likeness (QED) is 0.304. The van der Waals surface area contributed by atoms with Gasteiger partial charge in [0.2, 0.25) is 6.61 Å². The van der Waals surface area contributed by atoms with Gasteiger partial charge in [-0.25, -0.2) is 0 Å². The lowest BCUT2D eigenvalue weighted by molar-refractivity contribution is 0.0894. The van der Waals surface area contributed by atoms with Crippen molar-refractivity contribution in [2.75, 3.05) is 6.61 Å². The van der Waals surface area contributed by atoms with Crippen molar-refractivity contribution in [1.82, 2.24) is 0 Å². The Bertz CT molecular complexity index is 49.0. The highest BCUT2D eigenvalue weighted by atomic mass is 16.4. The van der Waals surface area contributed by atoms with Crippen LogP contribution in [0.3, 0.4) is 0 Å². The number of hydrogen-bond acceptors (Lipinski definition) is 0. The number of carbonyl (C=O) groups excluding carboxylic acids is 1. The Balaban J connectivity index is 2.26. The van der Waals surface area contributed by atoms with Gasteiger partial charge >= 0.3 is 0 Å². The van der Waals surface area contributed by atoms with Crippen molar-refractivity contribution in [3.8, 4) is 0 Å². The van der Waals surface area contributed by atoms with Crippen LogP contribution in [0.4, 0.5) is 0 Å². The third kappa shape index (κ3) is 0.814. The van der Waals surface area contributed by atoms with Gasteiger partial charge in [-0.15, -0.1) is 6.42 Å². The van der Waals surface area contributed by atoms with Gasteiger partial charge in [0.15, 0.2) is 0 Å². The van der Waals surface area contributed by atoms with Crippen molar-refractivity contribution in [1.29, 1.82) is 0 Å². The van der Waals surface area contributed by atoms with Crippen LogP contribution in [-0.2, 0) is 4.42 Å². The lowest BCUT2D eigenvalue weighted by Crippen LogP contribution is -1.94. The first-order valence-corrected chi connectivity index (χ1v) is 2.35. The smallest absolute Gasteiger partial charge is 0.218 e. The van der Waals surface area contributed by atoms with Crippen LogP contribution in [0.5, 0.6) is 0 Å². The fraction of sp³-hybridized carbons (Fsp3) is 0.800. The predicted molar refractivity (Wildman–Crippen MR) is 24.4 cm³/mol. The van der Waals surface area contributed by atoms with E-state index in [2.05, 4.69) is 6.29 Å². The molecule has 0 fully saturated rings. The maximum absolute atomic E-state index is 4.82. The van der Waals surface area contributed by atoms with Gasteiger partial charge in [-0.05, 0) is 6.29 Å². The van der Waals surface area contributed by atoms with Gasteiger partial charge in [0, 0.05) is 6.42 Å². The van der Waals surface area contributed by atoms with Crippen LogP contribution in [0, 0.1) is 0 Å². The Morgan fingerprint density at radius 2 is 2.33 bits per heavy atom. The molecule has 0 radical (unpaired) electrons. The van der Waals surface area contributed by atoms with Gasteiger partial charge in [-0.3, -0.25) is 0 Å². The summed E-state index contributed by atoms with van der Waals surface area (Å²) in [5, 5.41) is 0. The molecule has 0 saturated carbocycles. The zero-order chi connectivity index (χ0) is 4.24. The molecule has 0 spiro atoms. The zero-order valence-corrected chi connectivity index (χ0v) is 3.74. The molecule has 0 atom stereocenters. The monoisotopic (exact) mass is 84.1 g/mol. The normalized spacial score (nSPS) is 21.3. The molecule has 34 valence electrons. The van der Waals surface area contributed by atoms with Crippen LogP contribution in [0.15, 0.2) is 0 Å². The van der Waals surface area contributed by atoms with Crippen molar-refractivity contribution in [3.63, 3.8) is 0 Å². The molecule has 0 bridgehead atoms. The number of rotatable bonds is 0. The molecule has 0 aromatic rings. The fourth-order valence-corrected chi connectivity index (χ4v) is 0.516. The summed E-state index contributed by atoms with van der Waals surface area (Å²) in [6.07, 6.45) is 6.29. The summed E-state index contributed by atoms with van der Waals surface area (Å²) < 4.78 is 4.82.